The van der Waals surface area contributed by atoms with Crippen molar-refractivity contribution in [1.82, 2.24) is 29.3 Å². The van der Waals surface area contributed by atoms with Gasteiger partial charge in [0.2, 0.25) is 5.95 Å². The second kappa shape index (κ2) is 4.56. The first-order valence-electron chi connectivity index (χ1n) is 7.06. The molecule has 7 heteroatoms. The number of imidazole rings is 1. The van der Waals surface area contributed by atoms with E-state index in [0.29, 0.717) is 6.04 Å². The number of aromatic nitrogens is 5. The van der Waals surface area contributed by atoms with E-state index in [1.807, 2.05) is 16.8 Å². The van der Waals surface area contributed by atoms with Crippen molar-refractivity contribution in [2.24, 2.45) is 0 Å². The van der Waals surface area contributed by atoms with E-state index in [9.17, 15) is 0 Å². The van der Waals surface area contributed by atoms with E-state index in [4.69, 9.17) is 4.98 Å². The first-order valence-corrected chi connectivity index (χ1v) is 7.06. The van der Waals surface area contributed by atoms with Gasteiger partial charge in [-0.2, -0.15) is 0 Å². The summed E-state index contributed by atoms with van der Waals surface area (Å²) < 4.78 is 4.12. The summed E-state index contributed by atoms with van der Waals surface area (Å²) in [6.45, 7) is 6.01. The zero-order valence-electron chi connectivity index (χ0n) is 12.1. The maximum atomic E-state index is 4.77. The van der Waals surface area contributed by atoms with E-state index < -0.39 is 0 Å². The highest BCUT2D eigenvalue weighted by Crippen LogP contribution is 2.27. The number of anilines is 1. The lowest BCUT2D eigenvalue weighted by Gasteiger charge is -2.38. The third-order valence-electron chi connectivity index (χ3n) is 3.92. The van der Waals surface area contributed by atoms with Crippen molar-refractivity contribution in [2.75, 3.05) is 11.7 Å². The van der Waals surface area contributed by atoms with E-state index in [0.717, 1.165) is 30.3 Å². The molecule has 0 unspecified atom stereocenters. The molecular formula is C14H17N7. The van der Waals surface area contributed by atoms with Crippen molar-refractivity contribution in [3.63, 3.8) is 0 Å². The molecule has 108 valence electrons. The summed E-state index contributed by atoms with van der Waals surface area (Å²) in [4.78, 5) is 7.15. The number of hydrogen-bond donors (Lipinski definition) is 0. The number of fused-ring (bicyclic) bond motifs is 3. The predicted octanol–water partition coefficient (Wildman–Crippen LogP) is 1.54. The molecule has 1 aliphatic rings. The average Bonchev–Trinajstić information content (AvgIpc) is 3.13. The van der Waals surface area contributed by atoms with Crippen LogP contribution in [0.25, 0.3) is 11.0 Å². The Bertz CT molecular complexity index is 759. The maximum absolute atomic E-state index is 4.77. The normalized spacial score (nSPS) is 15.9. The van der Waals surface area contributed by atoms with Crippen molar-refractivity contribution in [2.45, 2.75) is 26.6 Å². The van der Waals surface area contributed by atoms with Crippen LogP contribution >= 0.6 is 0 Å². The minimum atomic E-state index is 0.443. The van der Waals surface area contributed by atoms with E-state index in [1.54, 1.807) is 12.7 Å². The van der Waals surface area contributed by atoms with Gasteiger partial charge < -0.3 is 0 Å². The van der Waals surface area contributed by atoms with E-state index in [-0.39, 0.29) is 0 Å². The minimum Gasteiger partial charge on any atom is -0.295 e. The fourth-order valence-electron chi connectivity index (χ4n) is 2.68. The molecule has 0 saturated heterocycles. The Kier molecular flexibility index (Phi) is 2.68. The van der Waals surface area contributed by atoms with Crippen LogP contribution in [0.5, 0.6) is 0 Å². The Morgan fingerprint density at radius 2 is 1.81 bits per heavy atom. The molecule has 1 aromatic carbocycles. The van der Waals surface area contributed by atoms with Crippen LogP contribution in [0.4, 0.5) is 5.95 Å². The summed E-state index contributed by atoms with van der Waals surface area (Å²) in [7, 11) is 0. The van der Waals surface area contributed by atoms with Crippen molar-refractivity contribution in [1.29, 1.82) is 0 Å². The molecule has 0 aliphatic carbocycles. The van der Waals surface area contributed by atoms with Gasteiger partial charge in [0.05, 0.1) is 24.4 Å². The Morgan fingerprint density at radius 1 is 1.05 bits per heavy atom. The minimum absolute atomic E-state index is 0.443. The molecule has 3 aromatic rings. The van der Waals surface area contributed by atoms with Crippen LogP contribution in [0.1, 0.15) is 13.8 Å². The van der Waals surface area contributed by atoms with Crippen molar-refractivity contribution in [3.05, 3.63) is 36.9 Å². The third kappa shape index (κ3) is 1.89. The molecule has 0 fully saturated rings. The molecule has 0 amide bonds. The summed E-state index contributed by atoms with van der Waals surface area (Å²) in [5.74, 6) is 0.924. The van der Waals surface area contributed by atoms with Crippen LogP contribution in [0, 0.1) is 0 Å². The van der Waals surface area contributed by atoms with E-state index in [1.165, 1.54) is 0 Å². The molecule has 1 aliphatic heterocycles. The fraction of sp³-hybridized carbons (Fsp3) is 0.357. The van der Waals surface area contributed by atoms with Crippen LogP contribution in [0.2, 0.25) is 0 Å². The van der Waals surface area contributed by atoms with Gasteiger partial charge in [0, 0.05) is 6.04 Å². The molecule has 3 heterocycles. The second-order valence-corrected chi connectivity index (χ2v) is 5.54. The number of benzene rings is 1. The number of hydrogen-bond acceptors (Lipinski definition) is 5. The number of para-hydroxylation sites is 2. The lowest BCUT2D eigenvalue weighted by molar-refractivity contribution is 0.150. The molecule has 21 heavy (non-hydrogen) atoms. The summed E-state index contributed by atoms with van der Waals surface area (Å²) in [6.07, 6.45) is 3.40. The lowest BCUT2D eigenvalue weighted by atomic mass is 10.3. The van der Waals surface area contributed by atoms with Gasteiger partial charge in [-0.05, 0) is 26.0 Å². The fourth-order valence-corrected chi connectivity index (χ4v) is 2.68. The third-order valence-corrected chi connectivity index (χ3v) is 3.92. The smallest absolute Gasteiger partial charge is 0.228 e. The largest absolute Gasteiger partial charge is 0.295 e. The van der Waals surface area contributed by atoms with Gasteiger partial charge in [-0.25, -0.2) is 14.7 Å². The Morgan fingerprint density at radius 3 is 2.57 bits per heavy atom. The first-order chi connectivity index (χ1) is 10.2. The zero-order valence-corrected chi connectivity index (χ0v) is 12.1. The summed E-state index contributed by atoms with van der Waals surface area (Å²) in [6, 6.07) is 8.67. The Balaban J connectivity index is 1.90. The predicted molar refractivity (Wildman–Crippen MR) is 79.5 cm³/mol. The Hall–Kier alpha value is -2.41. The topological polar surface area (TPSA) is 55.0 Å². The molecule has 0 N–H and O–H groups in total. The van der Waals surface area contributed by atoms with Crippen LogP contribution < -0.4 is 5.01 Å². The quantitative estimate of drug-likeness (QED) is 0.714. The summed E-state index contributed by atoms with van der Waals surface area (Å²) in [5.41, 5.74) is 2.16. The van der Waals surface area contributed by atoms with Gasteiger partial charge in [0.15, 0.2) is 0 Å². The molecular weight excluding hydrogens is 266 g/mol. The number of nitrogens with zero attached hydrogens (tertiary/aromatic N) is 7. The van der Waals surface area contributed by atoms with E-state index >= 15 is 0 Å². The highest BCUT2D eigenvalue weighted by atomic mass is 15.7. The summed E-state index contributed by atoms with van der Waals surface area (Å²) >= 11 is 0. The highest BCUT2D eigenvalue weighted by molar-refractivity contribution is 5.79. The standard InChI is InChI=1S/C14H17N7/c1-11(2)18-9-20-13-6-4-3-5-12(13)17-14(20)21(10-18)19-7-15-16-8-19/h3-8,11H,9-10H2,1-2H3. The van der Waals surface area contributed by atoms with Crippen molar-refractivity contribution in [3.8, 4) is 0 Å². The van der Waals surface area contributed by atoms with Crippen LogP contribution in [-0.2, 0) is 6.67 Å². The highest BCUT2D eigenvalue weighted by Gasteiger charge is 2.28. The molecule has 2 aromatic heterocycles. The monoisotopic (exact) mass is 283 g/mol. The zero-order chi connectivity index (χ0) is 14.4. The molecule has 0 spiro atoms. The Labute approximate surface area is 122 Å². The van der Waals surface area contributed by atoms with Crippen molar-refractivity contribution >= 4 is 17.0 Å². The van der Waals surface area contributed by atoms with Gasteiger partial charge in [-0.1, -0.05) is 12.1 Å². The van der Waals surface area contributed by atoms with Gasteiger partial charge in [0.25, 0.3) is 0 Å². The molecule has 7 nitrogen and oxygen atoms in total. The maximum Gasteiger partial charge on any atom is 0.228 e. The number of rotatable bonds is 2. The van der Waals surface area contributed by atoms with Crippen LogP contribution in [0.3, 0.4) is 0 Å². The van der Waals surface area contributed by atoms with Crippen molar-refractivity contribution < 1.29 is 0 Å². The second-order valence-electron chi connectivity index (χ2n) is 5.54. The van der Waals surface area contributed by atoms with Gasteiger partial charge in [-0.3, -0.25) is 9.47 Å². The first kappa shape index (κ1) is 12.3. The molecule has 0 atom stereocenters. The molecule has 0 saturated carbocycles. The van der Waals surface area contributed by atoms with E-state index in [2.05, 4.69) is 50.7 Å². The average molecular weight is 283 g/mol. The van der Waals surface area contributed by atoms with Gasteiger partial charge in [0.1, 0.15) is 12.7 Å². The lowest BCUT2D eigenvalue weighted by Crippen LogP contribution is -2.49. The molecule has 4 rings (SSSR count). The van der Waals surface area contributed by atoms with Crippen LogP contribution in [0.15, 0.2) is 36.9 Å². The molecule has 0 radical (unpaired) electrons. The SMILES string of the molecule is CC(C)N1CN(n2cnnc2)c2nc3ccccc3n2C1. The van der Waals surface area contributed by atoms with Crippen LogP contribution in [-0.4, -0.2) is 42.0 Å². The molecule has 0 bridgehead atoms. The van der Waals surface area contributed by atoms with Gasteiger partial charge >= 0.3 is 0 Å². The van der Waals surface area contributed by atoms with Gasteiger partial charge in [-0.15, -0.1) is 10.2 Å². The summed E-state index contributed by atoms with van der Waals surface area (Å²) in [5, 5.41) is 9.91.